The quantitative estimate of drug-likeness (QED) is 0.820. The maximum absolute atomic E-state index is 13.3. The summed E-state index contributed by atoms with van der Waals surface area (Å²) in [5.41, 5.74) is 0.220. The zero-order valence-corrected chi connectivity index (χ0v) is 14.5. The number of hydrogen-bond acceptors (Lipinski definition) is 4. The van der Waals surface area contributed by atoms with Crippen molar-refractivity contribution in [2.75, 3.05) is 32.8 Å². The van der Waals surface area contributed by atoms with Gasteiger partial charge in [0, 0.05) is 51.3 Å². The Morgan fingerprint density at radius 1 is 1.24 bits per heavy atom. The van der Waals surface area contributed by atoms with E-state index in [1.807, 2.05) is 4.90 Å². The molecule has 1 aromatic heterocycles. The van der Waals surface area contributed by atoms with Gasteiger partial charge in [-0.05, 0) is 44.2 Å². The van der Waals surface area contributed by atoms with Crippen LogP contribution in [-0.4, -0.2) is 65.5 Å². The largest absolute Gasteiger partial charge is 0.381 e. The summed E-state index contributed by atoms with van der Waals surface area (Å²) in [6.07, 6.45) is 7.82. The lowest BCUT2D eigenvalue weighted by molar-refractivity contribution is -0.150. The van der Waals surface area contributed by atoms with Crippen molar-refractivity contribution in [3.05, 3.63) is 30.1 Å². The highest BCUT2D eigenvalue weighted by molar-refractivity contribution is 5.95. The highest BCUT2D eigenvalue weighted by atomic mass is 16.5. The van der Waals surface area contributed by atoms with Crippen LogP contribution in [0.25, 0.3) is 0 Å². The summed E-state index contributed by atoms with van der Waals surface area (Å²) in [6, 6.07) is 3.87. The third-order valence-corrected chi connectivity index (χ3v) is 5.95. The highest BCUT2D eigenvalue weighted by Crippen LogP contribution is 2.41. The van der Waals surface area contributed by atoms with Crippen LogP contribution in [0.1, 0.15) is 42.5 Å². The molecule has 1 aromatic rings. The maximum atomic E-state index is 13.3. The first kappa shape index (κ1) is 16.5. The second kappa shape index (κ2) is 6.75. The molecule has 0 N–H and O–H groups in total. The summed E-state index contributed by atoms with van der Waals surface area (Å²) in [5.74, 6) is 0.244. The number of amides is 2. The predicted octanol–water partition coefficient (Wildman–Crippen LogP) is 1.72. The Morgan fingerprint density at radius 3 is 2.84 bits per heavy atom. The molecule has 3 saturated heterocycles. The van der Waals surface area contributed by atoms with Crippen molar-refractivity contribution in [1.29, 1.82) is 0 Å². The van der Waals surface area contributed by atoms with Crippen LogP contribution < -0.4 is 0 Å². The van der Waals surface area contributed by atoms with E-state index in [0.29, 0.717) is 24.7 Å². The van der Waals surface area contributed by atoms with Crippen LogP contribution in [0.3, 0.4) is 0 Å². The third-order valence-electron chi connectivity index (χ3n) is 5.95. The zero-order chi connectivity index (χ0) is 17.3. The molecule has 134 valence electrons. The molecule has 6 nitrogen and oxygen atoms in total. The molecule has 0 unspecified atom stereocenters. The first-order valence-electron chi connectivity index (χ1n) is 9.28. The molecule has 0 saturated carbocycles. The van der Waals surface area contributed by atoms with Crippen molar-refractivity contribution in [2.45, 2.75) is 38.1 Å². The first-order chi connectivity index (χ1) is 12.2. The lowest BCUT2D eigenvalue weighted by Gasteiger charge is -2.44. The van der Waals surface area contributed by atoms with Gasteiger partial charge in [0.25, 0.3) is 5.91 Å². The van der Waals surface area contributed by atoms with E-state index in [1.54, 1.807) is 24.5 Å². The fourth-order valence-corrected chi connectivity index (χ4v) is 4.54. The number of pyridine rings is 1. The minimum Gasteiger partial charge on any atom is -0.381 e. The Balaban J connectivity index is 1.48. The Hall–Kier alpha value is -1.95. The number of nitrogens with zero attached hydrogens (tertiary/aromatic N) is 3. The van der Waals surface area contributed by atoms with E-state index in [9.17, 15) is 9.59 Å². The van der Waals surface area contributed by atoms with Crippen LogP contribution in [-0.2, 0) is 9.53 Å². The topological polar surface area (TPSA) is 62.7 Å². The minimum atomic E-state index is -0.381. The number of piperidine rings is 1. The molecule has 4 heterocycles. The molecular weight excluding hydrogens is 318 g/mol. The van der Waals surface area contributed by atoms with Gasteiger partial charge in [-0.15, -0.1) is 0 Å². The molecule has 25 heavy (non-hydrogen) atoms. The van der Waals surface area contributed by atoms with Crippen molar-refractivity contribution < 1.29 is 14.3 Å². The Labute approximate surface area is 148 Å². The molecule has 3 fully saturated rings. The fraction of sp³-hybridized carbons (Fsp3) is 0.632. The highest BCUT2D eigenvalue weighted by Gasteiger charge is 2.50. The fourth-order valence-electron chi connectivity index (χ4n) is 4.54. The van der Waals surface area contributed by atoms with Crippen LogP contribution >= 0.6 is 0 Å². The van der Waals surface area contributed by atoms with E-state index in [4.69, 9.17) is 4.74 Å². The summed E-state index contributed by atoms with van der Waals surface area (Å²) in [5, 5.41) is 0. The van der Waals surface area contributed by atoms with Gasteiger partial charge in [0.1, 0.15) is 0 Å². The van der Waals surface area contributed by atoms with Crippen molar-refractivity contribution in [3.8, 4) is 0 Å². The summed E-state index contributed by atoms with van der Waals surface area (Å²) in [7, 11) is 0. The average Bonchev–Trinajstić information content (AvgIpc) is 3.10. The minimum absolute atomic E-state index is 0.0130. The van der Waals surface area contributed by atoms with Gasteiger partial charge in [-0.1, -0.05) is 0 Å². The maximum Gasteiger partial charge on any atom is 0.255 e. The Kier molecular flexibility index (Phi) is 4.46. The van der Waals surface area contributed by atoms with Gasteiger partial charge in [-0.25, -0.2) is 0 Å². The van der Waals surface area contributed by atoms with Gasteiger partial charge in [0.05, 0.1) is 11.0 Å². The molecule has 1 spiro atoms. The van der Waals surface area contributed by atoms with Gasteiger partial charge < -0.3 is 14.5 Å². The Bertz CT molecular complexity index is 645. The lowest BCUT2D eigenvalue weighted by Crippen LogP contribution is -2.55. The number of ether oxygens (including phenoxy) is 1. The smallest absolute Gasteiger partial charge is 0.255 e. The van der Waals surface area contributed by atoms with Gasteiger partial charge in [-0.3, -0.25) is 14.6 Å². The van der Waals surface area contributed by atoms with Gasteiger partial charge >= 0.3 is 0 Å². The second-order valence-corrected chi connectivity index (χ2v) is 7.44. The monoisotopic (exact) mass is 343 g/mol. The number of hydrogen-bond donors (Lipinski definition) is 0. The van der Waals surface area contributed by atoms with Gasteiger partial charge in [-0.2, -0.15) is 0 Å². The molecule has 3 aliphatic heterocycles. The normalized spacial score (nSPS) is 27.9. The lowest BCUT2D eigenvalue weighted by atomic mass is 9.77. The number of likely N-dealkylation sites (tertiary alicyclic amines) is 2. The molecule has 2 amide bonds. The molecule has 0 bridgehead atoms. The van der Waals surface area contributed by atoms with Crippen LogP contribution in [0.15, 0.2) is 24.5 Å². The van der Waals surface area contributed by atoms with E-state index < -0.39 is 0 Å². The number of carbonyl (C=O) groups is 2. The molecule has 0 aliphatic carbocycles. The average molecular weight is 343 g/mol. The molecule has 1 atom stereocenters. The zero-order valence-electron chi connectivity index (χ0n) is 14.5. The summed E-state index contributed by atoms with van der Waals surface area (Å²) >= 11 is 0. The first-order valence-corrected chi connectivity index (χ1v) is 9.28. The summed E-state index contributed by atoms with van der Waals surface area (Å²) in [4.78, 5) is 34.0. The Morgan fingerprint density at radius 2 is 2.08 bits per heavy atom. The molecule has 6 heteroatoms. The van der Waals surface area contributed by atoms with E-state index in [0.717, 1.165) is 51.9 Å². The molecule has 0 aromatic carbocycles. The van der Waals surface area contributed by atoms with Gasteiger partial charge in [0.2, 0.25) is 5.91 Å². The van der Waals surface area contributed by atoms with Crippen molar-refractivity contribution in [1.82, 2.24) is 14.8 Å². The van der Waals surface area contributed by atoms with E-state index in [-0.39, 0.29) is 17.2 Å². The number of carbonyl (C=O) groups excluding carboxylic acids is 2. The molecular formula is C19H25N3O3. The van der Waals surface area contributed by atoms with E-state index in [2.05, 4.69) is 9.88 Å². The predicted molar refractivity (Wildman–Crippen MR) is 92.0 cm³/mol. The van der Waals surface area contributed by atoms with Crippen molar-refractivity contribution in [2.24, 2.45) is 5.41 Å². The van der Waals surface area contributed by atoms with E-state index in [1.165, 1.54) is 0 Å². The molecule has 3 aliphatic rings. The number of aromatic nitrogens is 1. The summed E-state index contributed by atoms with van der Waals surface area (Å²) in [6.45, 7) is 3.53. The van der Waals surface area contributed by atoms with E-state index >= 15 is 0 Å². The van der Waals surface area contributed by atoms with Crippen LogP contribution in [0.5, 0.6) is 0 Å². The van der Waals surface area contributed by atoms with Gasteiger partial charge in [0.15, 0.2) is 0 Å². The second-order valence-electron chi connectivity index (χ2n) is 7.44. The van der Waals surface area contributed by atoms with Crippen LogP contribution in [0.4, 0.5) is 0 Å². The third kappa shape index (κ3) is 3.03. The number of rotatable bonds is 2. The van der Waals surface area contributed by atoms with Crippen LogP contribution in [0, 0.1) is 5.41 Å². The van der Waals surface area contributed by atoms with Crippen molar-refractivity contribution >= 4 is 11.8 Å². The SMILES string of the molecule is O=C(c1cccnc1)N1CC[C@]2(CCCN(C3CCOCC3)C2=O)C1. The summed E-state index contributed by atoms with van der Waals surface area (Å²) < 4.78 is 5.44. The molecule has 0 radical (unpaired) electrons. The van der Waals surface area contributed by atoms with Crippen LogP contribution in [0.2, 0.25) is 0 Å². The molecule has 4 rings (SSSR count). The standard InChI is InChI=1S/C19H25N3O3/c23-17(15-3-1-8-20-13-15)21-10-7-19(14-21)6-2-9-22(18(19)24)16-4-11-25-12-5-16/h1,3,8,13,16H,2,4-7,9-12,14H2/t19-/m1/s1. The van der Waals surface area contributed by atoms with Crippen molar-refractivity contribution in [3.63, 3.8) is 0 Å².